The van der Waals surface area contributed by atoms with Gasteiger partial charge in [0.15, 0.2) is 11.5 Å². The van der Waals surface area contributed by atoms with Gasteiger partial charge in [-0.2, -0.15) is 0 Å². The maximum absolute atomic E-state index is 11.8. The molecule has 1 aliphatic heterocycles. The summed E-state index contributed by atoms with van der Waals surface area (Å²) >= 11 is 0. The number of anilines is 1. The highest BCUT2D eigenvalue weighted by molar-refractivity contribution is 5.90. The smallest absolute Gasteiger partial charge is 0.412 e. The van der Waals surface area contributed by atoms with E-state index < -0.39 is 6.09 Å². The van der Waals surface area contributed by atoms with E-state index in [1.54, 1.807) is 20.2 Å². The molecule has 3 amide bonds. The average molecular weight is 307 g/mol. The Hall–Kier alpha value is -2.44. The fraction of sp³-hybridized carbons (Fsp3) is 0.467. The highest BCUT2D eigenvalue weighted by atomic mass is 16.6. The van der Waals surface area contributed by atoms with Crippen molar-refractivity contribution in [2.24, 2.45) is 0 Å². The van der Waals surface area contributed by atoms with Crippen LogP contribution in [0.1, 0.15) is 19.4 Å². The zero-order chi connectivity index (χ0) is 16.5. The molecule has 0 atom stereocenters. The molecule has 0 saturated carbocycles. The Morgan fingerprint density at radius 3 is 2.59 bits per heavy atom. The molecule has 0 unspecified atom stereocenters. The molecule has 0 radical (unpaired) electrons. The highest BCUT2D eigenvalue weighted by Crippen LogP contribution is 2.44. The minimum absolute atomic E-state index is 0.260. The predicted molar refractivity (Wildman–Crippen MR) is 82.6 cm³/mol. The molecule has 1 aromatic rings. The van der Waals surface area contributed by atoms with Crippen molar-refractivity contribution < 1.29 is 19.1 Å². The Morgan fingerprint density at radius 1 is 1.32 bits per heavy atom. The van der Waals surface area contributed by atoms with Crippen molar-refractivity contribution >= 4 is 17.8 Å². The summed E-state index contributed by atoms with van der Waals surface area (Å²) in [5.41, 5.74) is 1.06. The van der Waals surface area contributed by atoms with E-state index in [1.165, 1.54) is 11.9 Å². The predicted octanol–water partition coefficient (Wildman–Crippen LogP) is 2.21. The first-order valence-electron chi connectivity index (χ1n) is 6.95. The van der Waals surface area contributed by atoms with Crippen LogP contribution in [0.4, 0.5) is 15.3 Å². The number of urea groups is 1. The van der Waals surface area contributed by atoms with Crippen LogP contribution >= 0.6 is 0 Å². The van der Waals surface area contributed by atoms with Crippen molar-refractivity contribution in [2.45, 2.75) is 25.9 Å². The van der Waals surface area contributed by atoms with Gasteiger partial charge in [0.25, 0.3) is 0 Å². The Balaban J connectivity index is 2.37. The van der Waals surface area contributed by atoms with Gasteiger partial charge in [0.05, 0.1) is 0 Å². The van der Waals surface area contributed by atoms with Crippen molar-refractivity contribution in [3.05, 3.63) is 17.7 Å². The monoisotopic (exact) mass is 307 g/mol. The third-order valence-electron chi connectivity index (χ3n) is 3.19. The number of fused-ring (bicyclic) bond motifs is 1. The van der Waals surface area contributed by atoms with E-state index in [9.17, 15) is 9.59 Å². The van der Waals surface area contributed by atoms with Gasteiger partial charge in [0.1, 0.15) is 5.60 Å². The molecule has 0 fully saturated rings. The topological polar surface area (TPSA) is 79.9 Å². The van der Waals surface area contributed by atoms with Crippen LogP contribution in [0.5, 0.6) is 11.5 Å². The second kappa shape index (κ2) is 5.75. The number of amides is 3. The molecule has 1 heterocycles. The first-order valence-corrected chi connectivity index (χ1v) is 6.95. The van der Waals surface area contributed by atoms with Gasteiger partial charge < -0.3 is 25.0 Å². The van der Waals surface area contributed by atoms with Gasteiger partial charge in [-0.3, -0.25) is 0 Å². The molecule has 1 aliphatic rings. The second-order valence-corrected chi connectivity index (χ2v) is 5.97. The Morgan fingerprint density at radius 2 is 2.00 bits per heavy atom. The normalized spacial score (nSPS) is 14.6. The molecule has 0 saturated heterocycles. The molecule has 2 N–H and O–H groups in total. The zero-order valence-electron chi connectivity index (χ0n) is 13.4. The van der Waals surface area contributed by atoms with Crippen LogP contribution in [0.15, 0.2) is 12.1 Å². The Labute approximate surface area is 129 Å². The maximum Gasteiger partial charge on any atom is 0.412 e. The molecule has 0 bridgehead atoms. The van der Waals surface area contributed by atoms with E-state index in [1.807, 2.05) is 19.9 Å². The number of carbonyl (C=O) groups excluding carboxylic acids is 2. The van der Waals surface area contributed by atoms with Gasteiger partial charge in [0, 0.05) is 44.9 Å². The Kier molecular flexibility index (Phi) is 4.16. The first-order chi connectivity index (χ1) is 10.2. The van der Waals surface area contributed by atoms with Gasteiger partial charge in [-0.25, -0.2) is 9.59 Å². The van der Waals surface area contributed by atoms with Crippen LogP contribution < -0.4 is 20.1 Å². The number of rotatable bonds is 2. The third kappa shape index (κ3) is 3.41. The van der Waals surface area contributed by atoms with Gasteiger partial charge in [-0.15, -0.1) is 0 Å². The number of ether oxygens (including phenoxy) is 2. The van der Waals surface area contributed by atoms with E-state index in [0.717, 1.165) is 5.56 Å². The van der Waals surface area contributed by atoms with Gasteiger partial charge in [0.2, 0.25) is 0 Å². The van der Waals surface area contributed by atoms with Crippen LogP contribution in [0.25, 0.3) is 0 Å². The van der Waals surface area contributed by atoms with Gasteiger partial charge >= 0.3 is 12.1 Å². The number of hydrogen-bond acceptors (Lipinski definition) is 4. The molecule has 7 heteroatoms. The number of hydrogen-bond donors (Lipinski definition) is 2. The zero-order valence-corrected chi connectivity index (χ0v) is 13.4. The lowest BCUT2D eigenvalue weighted by Gasteiger charge is -2.18. The lowest BCUT2D eigenvalue weighted by atomic mass is 10.0. The number of carbonyl (C=O) groups is 2. The van der Waals surface area contributed by atoms with Crippen molar-refractivity contribution in [2.75, 3.05) is 26.5 Å². The summed E-state index contributed by atoms with van der Waals surface area (Å²) < 4.78 is 11.1. The van der Waals surface area contributed by atoms with Crippen LogP contribution in [0.3, 0.4) is 0 Å². The summed E-state index contributed by atoms with van der Waals surface area (Å²) in [6, 6.07) is 3.16. The lowest BCUT2D eigenvalue weighted by Crippen LogP contribution is -2.27. The average Bonchev–Trinajstić information content (AvgIpc) is 2.72. The highest BCUT2D eigenvalue weighted by Gasteiger charge is 2.33. The van der Waals surface area contributed by atoms with Crippen LogP contribution in [-0.2, 0) is 6.42 Å². The molecular formula is C15H21N3O4. The van der Waals surface area contributed by atoms with E-state index in [0.29, 0.717) is 17.9 Å². The molecular weight excluding hydrogens is 286 g/mol. The lowest BCUT2D eigenvalue weighted by molar-refractivity contribution is 0.133. The summed E-state index contributed by atoms with van der Waals surface area (Å²) in [5, 5.41) is 5.14. The van der Waals surface area contributed by atoms with Crippen LogP contribution in [0.2, 0.25) is 0 Å². The third-order valence-corrected chi connectivity index (χ3v) is 3.19. The van der Waals surface area contributed by atoms with Gasteiger partial charge in [-0.1, -0.05) is 0 Å². The fourth-order valence-corrected chi connectivity index (χ4v) is 2.21. The standard InChI is InChI=1S/C15H21N3O4/c1-15(2)8-9-6-10(17-13(19)18(4)5)7-11(12(9)22-15)21-14(20)16-3/h6-7H,8H2,1-5H3,(H,16,20)(H,17,19). The first kappa shape index (κ1) is 15.9. The molecule has 0 aromatic heterocycles. The summed E-state index contributed by atoms with van der Waals surface area (Å²) in [6.45, 7) is 3.91. The van der Waals surface area contributed by atoms with Crippen molar-refractivity contribution in [1.29, 1.82) is 0 Å². The van der Waals surface area contributed by atoms with Crippen molar-refractivity contribution in [1.82, 2.24) is 10.2 Å². The van der Waals surface area contributed by atoms with Crippen molar-refractivity contribution in [3.8, 4) is 11.5 Å². The van der Waals surface area contributed by atoms with Crippen LogP contribution in [-0.4, -0.2) is 43.8 Å². The summed E-state index contributed by atoms with van der Waals surface area (Å²) in [5.74, 6) is 0.827. The Bertz CT molecular complexity index is 611. The molecule has 0 spiro atoms. The molecule has 22 heavy (non-hydrogen) atoms. The molecule has 7 nitrogen and oxygen atoms in total. The summed E-state index contributed by atoms with van der Waals surface area (Å²) in [4.78, 5) is 24.7. The number of benzene rings is 1. The van der Waals surface area contributed by atoms with Gasteiger partial charge in [-0.05, 0) is 19.9 Å². The number of nitrogens with one attached hydrogen (secondary N) is 2. The van der Waals surface area contributed by atoms with Crippen molar-refractivity contribution in [3.63, 3.8) is 0 Å². The number of nitrogens with zero attached hydrogens (tertiary/aromatic N) is 1. The quantitative estimate of drug-likeness (QED) is 0.878. The van der Waals surface area contributed by atoms with E-state index in [-0.39, 0.29) is 17.4 Å². The minimum atomic E-state index is -0.591. The summed E-state index contributed by atoms with van der Waals surface area (Å²) in [6.07, 6.45) is 0.0737. The summed E-state index contributed by atoms with van der Waals surface area (Å²) in [7, 11) is 4.78. The van der Waals surface area contributed by atoms with E-state index in [4.69, 9.17) is 9.47 Å². The molecule has 0 aliphatic carbocycles. The molecule has 2 rings (SSSR count). The fourth-order valence-electron chi connectivity index (χ4n) is 2.21. The largest absolute Gasteiger partial charge is 0.483 e. The minimum Gasteiger partial charge on any atom is -0.483 e. The van der Waals surface area contributed by atoms with E-state index in [2.05, 4.69) is 10.6 Å². The van der Waals surface area contributed by atoms with E-state index >= 15 is 0 Å². The molecule has 120 valence electrons. The maximum atomic E-state index is 11.8. The second-order valence-electron chi connectivity index (χ2n) is 5.97. The molecule has 1 aromatic carbocycles. The SMILES string of the molecule is CNC(=O)Oc1cc(NC(=O)N(C)C)cc2c1OC(C)(C)C2. The van der Waals surface area contributed by atoms with Crippen LogP contribution in [0, 0.1) is 0 Å².